The van der Waals surface area contributed by atoms with Gasteiger partial charge in [-0.15, -0.1) is 0 Å². The molecule has 2 aromatic rings. The second-order valence-corrected chi connectivity index (χ2v) is 5.93. The van der Waals surface area contributed by atoms with Gasteiger partial charge < -0.3 is 25.0 Å². The number of nitriles is 1. The Labute approximate surface area is 165 Å². The van der Waals surface area contributed by atoms with Gasteiger partial charge in [0.2, 0.25) is 5.75 Å². The molecule has 0 spiro atoms. The van der Waals surface area contributed by atoms with Crippen LogP contribution in [0.4, 0.5) is 5.69 Å². The number of likely N-dealkylation sites (N-methyl/N-ethyl adjacent to an activating group) is 1. The summed E-state index contributed by atoms with van der Waals surface area (Å²) in [7, 11) is 2.51. The minimum Gasteiger partial charge on any atom is -0.508 e. The van der Waals surface area contributed by atoms with E-state index in [4.69, 9.17) is 4.74 Å². The Bertz CT molecular complexity index is 1040. The molecule has 0 fully saturated rings. The van der Waals surface area contributed by atoms with E-state index in [0.717, 1.165) is 24.1 Å². The number of aliphatic hydroxyl groups excluding tert-OH is 1. The van der Waals surface area contributed by atoms with Gasteiger partial charge >= 0.3 is 5.69 Å². The van der Waals surface area contributed by atoms with E-state index in [2.05, 4.69) is 0 Å². The van der Waals surface area contributed by atoms with Crippen LogP contribution in [-0.2, 0) is 11.3 Å². The van der Waals surface area contributed by atoms with Gasteiger partial charge in [0.1, 0.15) is 17.6 Å². The van der Waals surface area contributed by atoms with E-state index in [1.54, 1.807) is 24.3 Å². The number of hydrogen-bond acceptors (Lipinski definition) is 8. The summed E-state index contributed by atoms with van der Waals surface area (Å²) in [5.74, 6) is -2.80. The molecule has 0 aliphatic rings. The molecule has 0 bridgehead atoms. The van der Waals surface area contributed by atoms with Crippen molar-refractivity contribution < 1.29 is 29.8 Å². The summed E-state index contributed by atoms with van der Waals surface area (Å²) < 4.78 is 4.85. The second-order valence-electron chi connectivity index (χ2n) is 5.93. The summed E-state index contributed by atoms with van der Waals surface area (Å²) in [4.78, 5) is 23.9. The molecule has 10 nitrogen and oxygen atoms in total. The highest BCUT2D eigenvalue weighted by Crippen LogP contribution is 2.38. The molecule has 0 saturated heterocycles. The maximum atomic E-state index is 12.6. The first-order chi connectivity index (χ1) is 13.7. The zero-order valence-electron chi connectivity index (χ0n) is 15.5. The molecule has 10 heteroatoms. The molecule has 0 atom stereocenters. The van der Waals surface area contributed by atoms with Crippen molar-refractivity contribution in [2.75, 3.05) is 14.2 Å². The predicted octanol–water partition coefficient (Wildman–Crippen LogP) is 2.47. The highest BCUT2D eigenvalue weighted by molar-refractivity contribution is 6.03. The number of amides is 1. The molecular weight excluding hydrogens is 382 g/mol. The van der Waals surface area contributed by atoms with Gasteiger partial charge in [-0.3, -0.25) is 14.9 Å². The van der Waals surface area contributed by atoms with Gasteiger partial charge in [-0.1, -0.05) is 18.2 Å². The summed E-state index contributed by atoms with van der Waals surface area (Å²) in [6.07, 6.45) is 0. The number of nitro groups is 1. The van der Waals surface area contributed by atoms with Gasteiger partial charge in [0, 0.05) is 30.8 Å². The number of carbonyl (C=O) groups excluding carboxylic acids is 1. The Balaban J connectivity index is 2.47. The molecule has 1 amide bonds. The summed E-state index contributed by atoms with van der Waals surface area (Å²) >= 11 is 0. The molecule has 0 aromatic heterocycles. The van der Waals surface area contributed by atoms with Crippen LogP contribution in [-0.4, -0.2) is 45.2 Å². The molecule has 0 aliphatic heterocycles. The molecule has 150 valence electrons. The van der Waals surface area contributed by atoms with Crippen LogP contribution in [0.5, 0.6) is 17.2 Å². The number of benzene rings is 2. The van der Waals surface area contributed by atoms with Gasteiger partial charge in [0.25, 0.3) is 5.91 Å². The zero-order valence-corrected chi connectivity index (χ0v) is 15.5. The third-order valence-corrected chi connectivity index (χ3v) is 4.05. The van der Waals surface area contributed by atoms with Crippen LogP contribution in [0.3, 0.4) is 0 Å². The maximum Gasteiger partial charge on any atom is 0.315 e. The number of aliphatic hydroxyl groups is 1. The molecule has 0 saturated carbocycles. The Hall–Kier alpha value is -4.26. The summed E-state index contributed by atoms with van der Waals surface area (Å²) in [6.45, 7) is -0.0526. The largest absolute Gasteiger partial charge is 0.508 e. The number of nitro benzene ring substituents is 1. The van der Waals surface area contributed by atoms with Crippen LogP contribution in [0.2, 0.25) is 0 Å². The number of ether oxygens (including phenoxy) is 1. The summed E-state index contributed by atoms with van der Waals surface area (Å²) in [6, 6.07) is 9.76. The first-order valence-electron chi connectivity index (χ1n) is 8.12. The standard InChI is InChI=1S/C19H17N3O7/c1-21(10-11-5-3-4-6-15(11)23)19(26)13(9-20)17(24)12-7-14(22(27)28)18(25)16(8-12)29-2/h3-8,23-25H,10H2,1-2H3/b17-13-. The lowest BCUT2D eigenvalue weighted by atomic mass is 10.1. The number of nitrogens with zero attached hydrogens (tertiary/aromatic N) is 3. The van der Waals surface area contributed by atoms with E-state index in [1.807, 2.05) is 0 Å². The number of methoxy groups -OCH3 is 1. The van der Waals surface area contributed by atoms with Crippen molar-refractivity contribution in [1.29, 1.82) is 5.26 Å². The SMILES string of the molecule is COc1cc(/C(O)=C(\C#N)C(=O)N(C)Cc2ccccc2O)cc([N+](=O)[O-])c1O. The van der Waals surface area contributed by atoms with E-state index in [9.17, 15) is 35.5 Å². The van der Waals surface area contributed by atoms with Gasteiger partial charge in [0.05, 0.1) is 12.0 Å². The fourth-order valence-corrected chi connectivity index (χ4v) is 2.53. The van der Waals surface area contributed by atoms with E-state index >= 15 is 0 Å². The number of phenolic OH excluding ortho intramolecular Hbond substituents is 2. The Kier molecular flexibility index (Phi) is 6.25. The Morgan fingerprint density at radius 1 is 1.31 bits per heavy atom. The molecule has 29 heavy (non-hydrogen) atoms. The van der Waals surface area contributed by atoms with Gasteiger partial charge in [0.15, 0.2) is 11.3 Å². The molecule has 2 aromatic carbocycles. The third-order valence-electron chi connectivity index (χ3n) is 4.05. The first kappa shape index (κ1) is 21.0. The molecular formula is C19H17N3O7. The predicted molar refractivity (Wildman–Crippen MR) is 101 cm³/mol. The average molecular weight is 399 g/mol. The normalized spacial score (nSPS) is 11.2. The zero-order chi connectivity index (χ0) is 21.7. The molecule has 0 aliphatic carbocycles. The van der Waals surface area contributed by atoms with Crippen LogP contribution in [0.1, 0.15) is 11.1 Å². The lowest BCUT2D eigenvalue weighted by molar-refractivity contribution is -0.386. The smallest absolute Gasteiger partial charge is 0.315 e. The van der Waals surface area contributed by atoms with E-state index in [-0.39, 0.29) is 23.6 Å². The quantitative estimate of drug-likeness (QED) is 0.220. The van der Waals surface area contributed by atoms with Crippen LogP contribution in [0.15, 0.2) is 42.0 Å². The number of hydrogen-bond donors (Lipinski definition) is 3. The van der Waals surface area contributed by atoms with Gasteiger partial charge in [-0.25, -0.2) is 0 Å². The number of carbonyl (C=O) groups is 1. The van der Waals surface area contributed by atoms with Gasteiger partial charge in [-0.2, -0.15) is 5.26 Å². The topological polar surface area (TPSA) is 157 Å². The third kappa shape index (κ3) is 4.36. The van der Waals surface area contributed by atoms with E-state index in [0.29, 0.717) is 5.56 Å². The van der Waals surface area contributed by atoms with Crippen molar-refractivity contribution in [2.45, 2.75) is 6.54 Å². The minimum atomic E-state index is -0.896. The molecule has 0 unspecified atom stereocenters. The number of para-hydroxylation sites is 1. The lowest BCUT2D eigenvalue weighted by Crippen LogP contribution is -2.28. The summed E-state index contributed by atoms with van der Waals surface area (Å²) in [5, 5.41) is 50.6. The molecule has 2 rings (SSSR count). The molecule has 0 heterocycles. The Morgan fingerprint density at radius 2 is 1.97 bits per heavy atom. The fraction of sp³-hybridized carbons (Fsp3) is 0.158. The molecule has 3 N–H and O–H groups in total. The Morgan fingerprint density at radius 3 is 2.52 bits per heavy atom. The van der Waals surface area contributed by atoms with Crippen LogP contribution < -0.4 is 4.74 Å². The van der Waals surface area contributed by atoms with Gasteiger partial charge in [-0.05, 0) is 12.1 Å². The van der Waals surface area contributed by atoms with Crippen molar-refractivity contribution in [3.8, 4) is 23.3 Å². The number of phenols is 2. The minimum absolute atomic E-state index is 0.0437. The van der Waals surface area contributed by atoms with E-state index < -0.39 is 33.6 Å². The van der Waals surface area contributed by atoms with Crippen molar-refractivity contribution in [3.05, 3.63) is 63.2 Å². The van der Waals surface area contributed by atoms with Crippen LogP contribution >= 0.6 is 0 Å². The summed E-state index contributed by atoms with van der Waals surface area (Å²) in [5.41, 5.74) is -1.28. The van der Waals surface area contributed by atoms with Crippen LogP contribution in [0, 0.1) is 21.4 Å². The highest BCUT2D eigenvalue weighted by Gasteiger charge is 2.25. The second kappa shape index (κ2) is 8.62. The van der Waals surface area contributed by atoms with Crippen molar-refractivity contribution in [1.82, 2.24) is 4.90 Å². The maximum absolute atomic E-state index is 12.6. The van der Waals surface area contributed by atoms with Crippen molar-refractivity contribution in [2.24, 2.45) is 0 Å². The van der Waals surface area contributed by atoms with Crippen molar-refractivity contribution >= 4 is 17.4 Å². The monoisotopic (exact) mass is 399 g/mol. The first-order valence-corrected chi connectivity index (χ1v) is 8.12. The average Bonchev–Trinajstić information content (AvgIpc) is 2.69. The highest BCUT2D eigenvalue weighted by atomic mass is 16.6. The van der Waals surface area contributed by atoms with E-state index in [1.165, 1.54) is 13.1 Å². The number of rotatable bonds is 6. The molecule has 0 radical (unpaired) electrons. The fourth-order valence-electron chi connectivity index (χ4n) is 2.53. The number of aromatic hydroxyl groups is 2. The van der Waals surface area contributed by atoms with Crippen molar-refractivity contribution in [3.63, 3.8) is 0 Å². The lowest BCUT2D eigenvalue weighted by Gasteiger charge is -2.18. The van der Waals surface area contributed by atoms with Crippen LogP contribution in [0.25, 0.3) is 5.76 Å².